The maximum absolute atomic E-state index is 11.5. The summed E-state index contributed by atoms with van der Waals surface area (Å²) in [7, 11) is 1.93. The van der Waals surface area contributed by atoms with Crippen molar-refractivity contribution in [2.45, 2.75) is 6.42 Å². The average molecular weight is 225 g/mol. The van der Waals surface area contributed by atoms with Gasteiger partial charge in [-0.2, -0.15) is 0 Å². The van der Waals surface area contributed by atoms with Gasteiger partial charge in [0, 0.05) is 17.3 Å². The van der Waals surface area contributed by atoms with Crippen LogP contribution in [-0.4, -0.2) is 30.9 Å². The average Bonchev–Trinajstić information content (AvgIpc) is 2.14. The number of halogens is 1. The van der Waals surface area contributed by atoms with Crippen molar-refractivity contribution in [3.63, 3.8) is 0 Å². The van der Waals surface area contributed by atoms with Crippen LogP contribution in [0, 0.1) is 0 Å². The molecular weight excluding hydrogens is 212 g/mol. The van der Waals surface area contributed by atoms with E-state index in [-0.39, 0.29) is 5.91 Å². The maximum Gasteiger partial charge on any atom is 0.238 e. The molecule has 15 heavy (non-hydrogen) atoms. The number of anilines is 1. The topological polar surface area (TPSA) is 32.3 Å². The van der Waals surface area contributed by atoms with Gasteiger partial charge in [-0.25, -0.2) is 0 Å². The van der Waals surface area contributed by atoms with Crippen LogP contribution >= 0.6 is 11.6 Å². The summed E-state index contributed by atoms with van der Waals surface area (Å²) in [6.45, 7) is 1.29. The van der Waals surface area contributed by atoms with Crippen LogP contribution in [-0.2, 0) is 11.2 Å². The van der Waals surface area contributed by atoms with E-state index in [1.54, 1.807) is 0 Å². The lowest BCUT2D eigenvalue weighted by Crippen LogP contribution is -2.34. The number of carbonyl (C=O) groups excluding carboxylic acids is 1. The van der Waals surface area contributed by atoms with Crippen molar-refractivity contribution in [1.82, 2.24) is 4.90 Å². The van der Waals surface area contributed by atoms with Gasteiger partial charge in [-0.15, -0.1) is 0 Å². The van der Waals surface area contributed by atoms with Gasteiger partial charge >= 0.3 is 0 Å². The fourth-order valence-corrected chi connectivity index (χ4v) is 2.02. The second-order valence-corrected chi connectivity index (χ2v) is 4.21. The van der Waals surface area contributed by atoms with Crippen LogP contribution < -0.4 is 5.32 Å². The molecule has 1 heterocycles. The lowest BCUT2D eigenvalue weighted by molar-refractivity contribution is -0.117. The van der Waals surface area contributed by atoms with Crippen molar-refractivity contribution in [1.29, 1.82) is 0 Å². The van der Waals surface area contributed by atoms with Crippen molar-refractivity contribution < 1.29 is 4.79 Å². The van der Waals surface area contributed by atoms with E-state index in [0.717, 1.165) is 29.2 Å². The Morgan fingerprint density at radius 1 is 1.47 bits per heavy atom. The first-order valence-electron chi connectivity index (χ1n) is 4.92. The number of carbonyl (C=O) groups is 1. The minimum absolute atomic E-state index is 0.0146. The highest BCUT2D eigenvalue weighted by Crippen LogP contribution is 2.25. The lowest BCUT2D eigenvalue weighted by Gasteiger charge is -2.22. The molecule has 0 saturated carbocycles. The molecule has 1 aromatic carbocycles. The van der Waals surface area contributed by atoms with Crippen LogP contribution in [0.2, 0.25) is 5.02 Å². The quantitative estimate of drug-likeness (QED) is 0.729. The summed E-state index contributed by atoms with van der Waals surface area (Å²) >= 11 is 6.09. The van der Waals surface area contributed by atoms with Crippen LogP contribution in [0.15, 0.2) is 18.2 Å². The first kappa shape index (κ1) is 10.5. The van der Waals surface area contributed by atoms with Crippen LogP contribution in [0.25, 0.3) is 0 Å². The van der Waals surface area contributed by atoms with E-state index in [9.17, 15) is 4.79 Å². The van der Waals surface area contributed by atoms with Crippen LogP contribution in [0.5, 0.6) is 0 Å². The molecule has 1 aromatic rings. The molecule has 0 unspecified atom stereocenters. The molecule has 0 saturated heterocycles. The fraction of sp³-hybridized carbons (Fsp3) is 0.364. The molecule has 0 spiro atoms. The molecule has 0 atom stereocenters. The van der Waals surface area contributed by atoms with E-state index in [1.807, 2.05) is 30.1 Å². The second-order valence-electron chi connectivity index (χ2n) is 3.80. The van der Waals surface area contributed by atoms with Gasteiger partial charge in [0.1, 0.15) is 0 Å². The number of likely N-dealkylation sites (N-methyl/N-ethyl adjacent to an activating group) is 1. The number of nitrogens with one attached hydrogen (secondary N) is 1. The maximum atomic E-state index is 11.5. The number of benzene rings is 1. The molecule has 0 radical (unpaired) electrons. The Morgan fingerprint density at radius 2 is 2.27 bits per heavy atom. The molecule has 1 amide bonds. The monoisotopic (exact) mass is 224 g/mol. The Hall–Kier alpha value is -1.06. The van der Waals surface area contributed by atoms with E-state index in [0.29, 0.717) is 6.54 Å². The summed E-state index contributed by atoms with van der Waals surface area (Å²) in [5.74, 6) is 0.0146. The molecule has 0 aliphatic carbocycles. The van der Waals surface area contributed by atoms with Gasteiger partial charge in [-0.3, -0.25) is 9.69 Å². The molecule has 2 rings (SSSR count). The third-order valence-corrected chi connectivity index (χ3v) is 2.90. The summed E-state index contributed by atoms with van der Waals surface area (Å²) in [6.07, 6.45) is 0.867. The normalized spacial score (nSPS) is 17.6. The highest BCUT2D eigenvalue weighted by atomic mass is 35.5. The number of rotatable bonds is 0. The lowest BCUT2D eigenvalue weighted by atomic mass is 10.1. The Labute approximate surface area is 94.0 Å². The Kier molecular flexibility index (Phi) is 2.93. The minimum Gasteiger partial charge on any atom is -0.325 e. The van der Waals surface area contributed by atoms with E-state index < -0.39 is 0 Å². The van der Waals surface area contributed by atoms with Crippen LogP contribution in [0.4, 0.5) is 5.69 Å². The van der Waals surface area contributed by atoms with Gasteiger partial charge in [0.25, 0.3) is 0 Å². The zero-order valence-corrected chi connectivity index (χ0v) is 9.34. The first-order valence-corrected chi connectivity index (χ1v) is 5.30. The Balaban J connectivity index is 2.37. The fourth-order valence-electron chi connectivity index (χ4n) is 1.75. The van der Waals surface area contributed by atoms with Gasteiger partial charge in [0.05, 0.1) is 6.54 Å². The summed E-state index contributed by atoms with van der Waals surface area (Å²) in [6, 6.07) is 5.60. The second kappa shape index (κ2) is 4.21. The highest BCUT2D eigenvalue weighted by Gasteiger charge is 2.15. The summed E-state index contributed by atoms with van der Waals surface area (Å²) < 4.78 is 0. The molecule has 4 heteroatoms. The van der Waals surface area contributed by atoms with Gasteiger partial charge < -0.3 is 5.32 Å². The molecule has 0 aromatic heterocycles. The zero-order valence-electron chi connectivity index (χ0n) is 8.59. The smallest absolute Gasteiger partial charge is 0.238 e. The summed E-state index contributed by atoms with van der Waals surface area (Å²) in [5.41, 5.74) is 1.87. The molecule has 1 N–H and O–H groups in total. The third-order valence-electron chi connectivity index (χ3n) is 2.55. The molecule has 1 aliphatic rings. The SMILES string of the molecule is CN1CCc2c(Cl)cccc2NC(=O)C1. The molecule has 3 nitrogen and oxygen atoms in total. The number of amides is 1. The predicted octanol–water partition coefficient (Wildman–Crippen LogP) is 1.77. The summed E-state index contributed by atoms with van der Waals surface area (Å²) in [5, 5.41) is 3.59. The molecule has 1 aliphatic heterocycles. The zero-order chi connectivity index (χ0) is 10.8. The molecular formula is C11H13ClN2O. The largest absolute Gasteiger partial charge is 0.325 e. The standard InChI is InChI=1S/C11H13ClN2O/c1-14-6-5-8-9(12)3-2-4-10(8)13-11(15)7-14/h2-4H,5-7H2,1H3,(H,13,15). The van der Waals surface area contributed by atoms with Crippen molar-refractivity contribution >= 4 is 23.2 Å². The van der Waals surface area contributed by atoms with Crippen molar-refractivity contribution in [3.8, 4) is 0 Å². The predicted molar refractivity (Wildman–Crippen MR) is 61.3 cm³/mol. The number of hydrogen-bond donors (Lipinski definition) is 1. The first-order chi connectivity index (χ1) is 7.16. The van der Waals surface area contributed by atoms with Gasteiger partial charge in [0.2, 0.25) is 5.91 Å². The number of nitrogens with zero attached hydrogens (tertiary/aromatic N) is 1. The van der Waals surface area contributed by atoms with Gasteiger partial charge in [0.15, 0.2) is 0 Å². The Morgan fingerprint density at radius 3 is 3.07 bits per heavy atom. The van der Waals surface area contributed by atoms with Crippen molar-refractivity contribution in [3.05, 3.63) is 28.8 Å². The molecule has 0 fully saturated rings. The highest BCUT2D eigenvalue weighted by molar-refractivity contribution is 6.31. The summed E-state index contributed by atoms with van der Waals surface area (Å²) in [4.78, 5) is 13.5. The van der Waals surface area contributed by atoms with E-state index >= 15 is 0 Å². The number of hydrogen-bond acceptors (Lipinski definition) is 2. The van der Waals surface area contributed by atoms with E-state index in [4.69, 9.17) is 11.6 Å². The van der Waals surface area contributed by atoms with Crippen LogP contribution in [0.3, 0.4) is 0 Å². The van der Waals surface area contributed by atoms with Crippen molar-refractivity contribution in [2.75, 3.05) is 25.5 Å². The Bertz CT molecular complexity index is 392. The van der Waals surface area contributed by atoms with E-state index in [1.165, 1.54) is 0 Å². The van der Waals surface area contributed by atoms with Crippen LogP contribution in [0.1, 0.15) is 5.56 Å². The molecule has 0 bridgehead atoms. The molecule has 80 valence electrons. The van der Waals surface area contributed by atoms with E-state index in [2.05, 4.69) is 5.32 Å². The minimum atomic E-state index is 0.0146. The third kappa shape index (κ3) is 2.30. The van der Waals surface area contributed by atoms with Gasteiger partial charge in [-0.1, -0.05) is 17.7 Å². The van der Waals surface area contributed by atoms with Crippen molar-refractivity contribution in [2.24, 2.45) is 0 Å². The van der Waals surface area contributed by atoms with Gasteiger partial charge in [-0.05, 0) is 31.2 Å². The number of fused-ring (bicyclic) bond motifs is 1.